The van der Waals surface area contributed by atoms with Crippen LogP contribution in [0.15, 0.2) is 24.3 Å². The molecule has 0 spiro atoms. The van der Waals surface area contributed by atoms with Gasteiger partial charge in [0.05, 0.1) is 5.02 Å². The normalized spacial score (nSPS) is 10.6. The highest BCUT2D eigenvalue weighted by Gasteiger charge is 1.97. The van der Waals surface area contributed by atoms with Crippen LogP contribution in [0.3, 0.4) is 0 Å². The molecule has 0 aromatic heterocycles. The van der Waals surface area contributed by atoms with Crippen molar-refractivity contribution in [3.8, 4) is 5.75 Å². The molecule has 4 heteroatoms. The van der Waals surface area contributed by atoms with Gasteiger partial charge in [0.2, 0.25) is 5.12 Å². The van der Waals surface area contributed by atoms with E-state index in [1.807, 2.05) is 0 Å². The lowest BCUT2D eigenvalue weighted by Crippen LogP contribution is -1.77. The molecule has 1 rings (SSSR count). The lowest BCUT2D eigenvalue weighted by atomic mass is 10.2. The fourth-order valence-corrected chi connectivity index (χ4v) is 1.06. The summed E-state index contributed by atoms with van der Waals surface area (Å²) < 4.78 is 0. The van der Waals surface area contributed by atoms with E-state index in [1.165, 1.54) is 12.1 Å². The molecule has 1 aromatic carbocycles. The summed E-state index contributed by atoms with van der Waals surface area (Å²) in [7, 11) is 0. The van der Waals surface area contributed by atoms with Crippen molar-refractivity contribution in [1.82, 2.24) is 0 Å². The largest absolute Gasteiger partial charge is 0.506 e. The van der Waals surface area contributed by atoms with E-state index >= 15 is 0 Å². The highest BCUT2D eigenvalue weighted by atomic mass is 35.5. The maximum atomic E-state index is 10.5. The van der Waals surface area contributed by atoms with Crippen molar-refractivity contribution >= 4 is 35.4 Å². The first kappa shape index (κ1) is 10.2. The van der Waals surface area contributed by atoms with E-state index in [0.29, 0.717) is 0 Å². The first-order chi connectivity index (χ1) is 6.09. The molecule has 0 saturated heterocycles. The molecule has 0 aliphatic carbocycles. The standard InChI is InChI=1S/C9H7ClO2S/c10-7-5-6(1-3-8(7)11)2-4-9(12)13/h1-5,11H,(H,12,13)/b4-2+. The number of hydrogen-bond acceptors (Lipinski definition) is 2. The Balaban J connectivity index is 2.92. The van der Waals surface area contributed by atoms with Crippen molar-refractivity contribution in [2.75, 3.05) is 0 Å². The second-order valence-electron chi connectivity index (χ2n) is 2.38. The number of halogens is 1. The maximum Gasteiger partial charge on any atom is 0.209 e. The Labute approximate surface area is 86.3 Å². The van der Waals surface area contributed by atoms with Crippen LogP contribution in [0.4, 0.5) is 0 Å². The van der Waals surface area contributed by atoms with Gasteiger partial charge in [0.1, 0.15) is 5.75 Å². The molecule has 0 radical (unpaired) electrons. The second-order valence-corrected chi connectivity index (χ2v) is 3.23. The van der Waals surface area contributed by atoms with Crippen LogP contribution in [0.1, 0.15) is 5.56 Å². The zero-order valence-corrected chi connectivity index (χ0v) is 8.22. The lowest BCUT2D eigenvalue weighted by molar-refractivity contribution is -0.106. The summed E-state index contributed by atoms with van der Waals surface area (Å²) >= 11 is 9.21. The minimum Gasteiger partial charge on any atom is -0.506 e. The summed E-state index contributed by atoms with van der Waals surface area (Å²) in [5.74, 6) is 0.0241. The number of carbonyl (C=O) groups excluding carboxylic acids is 1. The Bertz CT molecular complexity index is 361. The minimum atomic E-state index is -0.329. The van der Waals surface area contributed by atoms with Gasteiger partial charge in [0, 0.05) is 0 Å². The SMILES string of the molecule is O=C(S)/C=C/c1ccc(O)c(Cl)c1. The molecule has 1 N–H and O–H groups in total. The summed E-state index contributed by atoms with van der Waals surface area (Å²) in [6.45, 7) is 0. The number of hydrogen-bond donors (Lipinski definition) is 2. The number of phenolic OH excluding ortho intramolecular Hbond substituents is 1. The van der Waals surface area contributed by atoms with Crippen LogP contribution in [-0.2, 0) is 4.79 Å². The molecule has 0 heterocycles. The highest BCUT2D eigenvalue weighted by molar-refractivity contribution is 7.97. The first-order valence-electron chi connectivity index (χ1n) is 3.49. The van der Waals surface area contributed by atoms with E-state index in [4.69, 9.17) is 16.7 Å². The van der Waals surface area contributed by atoms with E-state index < -0.39 is 0 Å². The molecule has 2 nitrogen and oxygen atoms in total. The van der Waals surface area contributed by atoms with Crippen molar-refractivity contribution in [3.63, 3.8) is 0 Å². The molecule has 0 saturated carbocycles. The van der Waals surface area contributed by atoms with Crippen molar-refractivity contribution in [3.05, 3.63) is 34.9 Å². The van der Waals surface area contributed by atoms with Gasteiger partial charge in [-0.15, -0.1) is 12.6 Å². The molecule has 13 heavy (non-hydrogen) atoms. The Hall–Kier alpha value is -0.930. The van der Waals surface area contributed by atoms with Gasteiger partial charge < -0.3 is 5.11 Å². The van der Waals surface area contributed by atoms with E-state index in [-0.39, 0.29) is 15.9 Å². The van der Waals surface area contributed by atoms with Gasteiger partial charge >= 0.3 is 0 Å². The number of aromatic hydroxyl groups is 1. The smallest absolute Gasteiger partial charge is 0.209 e. The quantitative estimate of drug-likeness (QED) is 0.587. The first-order valence-corrected chi connectivity index (χ1v) is 4.31. The average molecular weight is 215 g/mol. The van der Waals surface area contributed by atoms with Gasteiger partial charge in [-0.05, 0) is 23.8 Å². The Morgan fingerprint density at radius 3 is 2.77 bits per heavy atom. The van der Waals surface area contributed by atoms with Crippen LogP contribution in [0, 0.1) is 0 Å². The molecule has 0 aliphatic rings. The number of benzene rings is 1. The molecular formula is C9H7ClO2S. The number of carbonyl (C=O) groups is 1. The molecular weight excluding hydrogens is 208 g/mol. The Morgan fingerprint density at radius 1 is 1.54 bits per heavy atom. The van der Waals surface area contributed by atoms with E-state index in [2.05, 4.69) is 12.6 Å². The van der Waals surface area contributed by atoms with Gasteiger partial charge in [-0.1, -0.05) is 23.7 Å². The van der Waals surface area contributed by atoms with Crippen molar-refractivity contribution in [2.45, 2.75) is 0 Å². The zero-order chi connectivity index (χ0) is 9.84. The number of thiol groups is 1. The average Bonchev–Trinajstić information content (AvgIpc) is 2.07. The van der Waals surface area contributed by atoms with E-state index in [9.17, 15) is 4.79 Å². The van der Waals surface area contributed by atoms with Crippen LogP contribution in [0.5, 0.6) is 5.75 Å². The lowest BCUT2D eigenvalue weighted by Gasteiger charge is -1.96. The van der Waals surface area contributed by atoms with Gasteiger partial charge in [0.15, 0.2) is 0 Å². The highest BCUT2D eigenvalue weighted by Crippen LogP contribution is 2.24. The Morgan fingerprint density at radius 2 is 2.23 bits per heavy atom. The molecule has 0 aliphatic heterocycles. The van der Waals surface area contributed by atoms with Gasteiger partial charge in [-0.25, -0.2) is 0 Å². The van der Waals surface area contributed by atoms with Crippen LogP contribution < -0.4 is 0 Å². The van der Waals surface area contributed by atoms with Gasteiger partial charge in [-0.3, -0.25) is 4.79 Å². The molecule has 0 unspecified atom stereocenters. The molecule has 68 valence electrons. The molecule has 0 fully saturated rings. The molecule has 0 amide bonds. The van der Waals surface area contributed by atoms with Crippen molar-refractivity contribution in [2.24, 2.45) is 0 Å². The summed E-state index contributed by atoms with van der Waals surface area (Å²) in [4.78, 5) is 10.5. The van der Waals surface area contributed by atoms with E-state index in [1.54, 1.807) is 18.2 Å². The monoisotopic (exact) mass is 214 g/mol. The van der Waals surface area contributed by atoms with Crippen molar-refractivity contribution in [1.29, 1.82) is 0 Å². The predicted molar refractivity (Wildman–Crippen MR) is 56.1 cm³/mol. The molecule has 1 aromatic rings. The second kappa shape index (κ2) is 4.35. The van der Waals surface area contributed by atoms with E-state index in [0.717, 1.165) is 5.56 Å². The topological polar surface area (TPSA) is 37.3 Å². The van der Waals surface area contributed by atoms with Gasteiger partial charge in [0.25, 0.3) is 0 Å². The number of rotatable bonds is 2. The van der Waals surface area contributed by atoms with Crippen LogP contribution >= 0.6 is 24.2 Å². The maximum absolute atomic E-state index is 10.5. The van der Waals surface area contributed by atoms with Crippen LogP contribution in [0.2, 0.25) is 5.02 Å². The molecule has 0 atom stereocenters. The molecule has 0 bridgehead atoms. The summed E-state index contributed by atoms with van der Waals surface area (Å²) in [5.41, 5.74) is 0.741. The van der Waals surface area contributed by atoms with Crippen molar-refractivity contribution < 1.29 is 9.90 Å². The number of phenols is 1. The summed E-state index contributed by atoms with van der Waals surface area (Å²) in [5, 5.41) is 9.01. The third kappa shape index (κ3) is 3.13. The fourth-order valence-electron chi connectivity index (χ4n) is 0.794. The summed E-state index contributed by atoms with van der Waals surface area (Å²) in [6.07, 6.45) is 2.88. The Kier molecular flexibility index (Phi) is 3.39. The zero-order valence-electron chi connectivity index (χ0n) is 6.57. The summed E-state index contributed by atoms with van der Waals surface area (Å²) in [6, 6.07) is 4.67. The van der Waals surface area contributed by atoms with Crippen LogP contribution in [-0.4, -0.2) is 10.2 Å². The third-order valence-electron chi connectivity index (χ3n) is 1.39. The predicted octanol–water partition coefficient (Wildman–Crippen LogP) is 2.52. The fraction of sp³-hybridized carbons (Fsp3) is 0. The third-order valence-corrected chi connectivity index (χ3v) is 1.84. The minimum absolute atomic E-state index is 0.0241. The van der Waals surface area contributed by atoms with Gasteiger partial charge in [-0.2, -0.15) is 0 Å². The van der Waals surface area contributed by atoms with Crippen LogP contribution in [0.25, 0.3) is 6.08 Å².